The lowest BCUT2D eigenvalue weighted by Gasteiger charge is -2.21. The Morgan fingerprint density at radius 3 is 2.28 bits per heavy atom. The minimum Gasteiger partial charge on any atom is -0.426 e. The number of nitrogens with zero attached hydrogens (tertiary/aromatic N) is 2. The van der Waals surface area contributed by atoms with Crippen LogP contribution in [0, 0.1) is 38.5 Å². The summed E-state index contributed by atoms with van der Waals surface area (Å²) < 4.78 is 5.64. The monoisotopic (exact) mass is 486 g/mol. The Morgan fingerprint density at radius 2 is 1.58 bits per heavy atom. The molecule has 3 atom stereocenters. The smallest absolute Gasteiger partial charge is 0.316 e. The van der Waals surface area contributed by atoms with Crippen molar-refractivity contribution in [2.24, 2.45) is 17.8 Å². The highest BCUT2D eigenvalue weighted by Crippen LogP contribution is 2.41. The molecule has 0 aromatic heterocycles. The van der Waals surface area contributed by atoms with E-state index in [4.69, 9.17) is 4.74 Å². The molecule has 186 valence electrons. The van der Waals surface area contributed by atoms with Crippen molar-refractivity contribution in [3.63, 3.8) is 0 Å². The van der Waals surface area contributed by atoms with Gasteiger partial charge in [-0.15, -0.1) is 0 Å². The number of ether oxygens (including phenoxy) is 1. The molecule has 2 aromatic carbocycles. The lowest BCUT2D eigenvalue weighted by Crippen LogP contribution is -2.31. The summed E-state index contributed by atoms with van der Waals surface area (Å²) in [5.74, 6) is -1.76. The summed E-state index contributed by atoms with van der Waals surface area (Å²) in [4.78, 5) is 54.7. The van der Waals surface area contributed by atoms with E-state index in [2.05, 4.69) is 0 Å². The lowest BCUT2D eigenvalue weighted by atomic mass is 9.82. The largest absolute Gasteiger partial charge is 0.426 e. The van der Waals surface area contributed by atoms with Crippen molar-refractivity contribution in [3.8, 4) is 5.75 Å². The molecule has 3 amide bonds. The van der Waals surface area contributed by atoms with Gasteiger partial charge in [-0.2, -0.15) is 0 Å². The lowest BCUT2D eigenvalue weighted by molar-refractivity contribution is -0.139. The van der Waals surface area contributed by atoms with Gasteiger partial charge in [0.2, 0.25) is 17.7 Å². The zero-order valence-electron chi connectivity index (χ0n) is 21.0. The number of imide groups is 1. The number of carbonyl (C=O) groups excluding carboxylic acids is 4. The molecule has 0 spiro atoms. The maximum atomic E-state index is 13.1. The van der Waals surface area contributed by atoms with Gasteiger partial charge in [0.25, 0.3) is 0 Å². The highest BCUT2D eigenvalue weighted by atomic mass is 16.5. The summed E-state index contributed by atoms with van der Waals surface area (Å²) in [7, 11) is 0. The summed E-state index contributed by atoms with van der Waals surface area (Å²) in [6, 6.07) is 10.8. The number of para-hydroxylation sites is 1. The van der Waals surface area contributed by atoms with Gasteiger partial charge < -0.3 is 9.64 Å². The average Bonchev–Trinajstić information content (AvgIpc) is 3.31. The Hall–Kier alpha value is -3.74. The van der Waals surface area contributed by atoms with Gasteiger partial charge in [0.15, 0.2) is 0 Å². The number of benzene rings is 2. The molecule has 0 saturated carbocycles. The highest BCUT2D eigenvalue weighted by molar-refractivity contribution is 6.22. The number of aryl methyl sites for hydroxylation is 3. The zero-order chi connectivity index (χ0) is 25.7. The molecule has 5 rings (SSSR count). The van der Waals surface area contributed by atoms with Crippen molar-refractivity contribution in [1.29, 1.82) is 0 Å². The van der Waals surface area contributed by atoms with Crippen LogP contribution >= 0.6 is 0 Å². The van der Waals surface area contributed by atoms with Crippen LogP contribution in [0.1, 0.15) is 42.9 Å². The highest BCUT2D eigenvalue weighted by Gasteiger charge is 2.49. The summed E-state index contributed by atoms with van der Waals surface area (Å²) in [6.45, 7) is 7.96. The fraction of sp³-hybridized carbons (Fsp3) is 0.379. The first-order valence-electron chi connectivity index (χ1n) is 12.4. The van der Waals surface area contributed by atoms with E-state index in [-0.39, 0.29) is 42.5 Å². The molecular weight excluding hydrogens is 456 g/mol. The Balaban J connectivity index is 1.30. The minimum absolute atomic E-state index is 0.0939. The third-order valence-electron chi connectivity index (χ3n) is 7.62. The van der Waals surface area contributed by atoms with Gasteiger partial charge in [0, 0.05) is 18.7 Å². The third kappa shape index (κ3) is 4.02. The quantitative estimate of drug-likeness (QED) is 0.277. The van der Waals surface area contributed by atoms with Crippen LogP contribution in [0.4, 0.5) is 11.4 Å². The Bertz CT molecular complexity index is 1310. The van der Waals surface area contributed by atoms with Crippen molar-refractivity contribution < 1.29 is 23.9 Å². The first kappa shape index (κ1) is 24.0. The van der Waals surface area contributed by atoms with E-state index in [0.717, 1.165) is 22.4 Å². The molecule has 0 radical (unpaired) electrons. The topological polar surface area (TPSA) is 84.0 Å². The number of carbonyl (C=O) groups is 4. The fourth-order valence-electron chi connectivity index (χ4n) is 5.73. The van der Waals surface area contributed by atoms with E-state index >= 15 is 0 Å². The van der Waals surface area contributed by atoms with E-state index in [1.807, 2.05) is 45.0 Å². The maximum Gasteiger partial charge on any atom is 0.316 e. The molecule has 2 heterocycles. The Labute approximate surface area is 210 Å². The molecule has 7 heteroatoms. The van der Waals surface area contributed by atoms with Gasteiger partial charge in [-0.25, -0.2) is 4.90 Å². The second-order valence-corrected chi connectivity index (χ2v) is 10.2. The van der Waals surface area contributed by atoms with E-state index in [1.54, 1.807) is 30.0 Å². The molecule has 2 saturated heterocycles. The molecule has 0 N–H and O–H groups in total. The van der Waals surface area contributed by atoms with Gasteiger partial charge in [-0.05, 0) is 75.4 Å². The van der Waals surface area contributed by atoms with Crippen LogP contribution in [0.15, 0.2) is 48.0 Å². The second kappa shape index (κ2) is 9.04. The van der Waals surface area contributed by atoms with Gasteiger partial charge in [-0.1, -0.05) is 29.8 Å². The number of anilines is 2. The molecule has 2 fully saturated rings. The number of hydrogen-bond donors (Lipinski definition) is 0. The minimum atomic E-state index is -0.572. The molecule has 1 aliphatic carbocycles. The summed E-state index contributed by atoms with van der Waals surface area (Å²) in [5, 5.41) is 0. The van der Waals surface area contributed by atoms with E-state index < -0.39 is 11.9 Å². The van der Waals surface area contributed by atoms with Crippen LogP contribution in [0.5, 0.6) is 5.75 Å². The SMILES string of the molecule is CC1=CC[C@@H]2C(=O)N(c3ccc(OC(=O)[C@H]4CC(=O)N(c5c(C)cccc5C)C4)cc3C)C(=O)[C@@H]2C1. The average molecular weight is 487 g/mol. The van der Waals surface area contributed by atoms with Crippen molar-refractivity contribution in [2.45, 2.75) is 47.0 Å². The van der Waals surface area contributed by atoms with Gasteiger partial charge in [0.1, 0.15) is 5.75 Å². The first-order chi connectivity index (χ1) is 17.2. The van der Waals surface area contributed by atoms with Crippen molar-refractivity contribution in [3.05, 3.63) is 64.7 Å². The van der Waals surface area contributed by atoms with Crippen LogP contribution in [-0.2, 0) is 19.2 Å². The summed E-state index contributed by atoms with van der Waals surface area (Å²) in [6.07, 6.45) is 3.34. The number of amides is 3. The number of hydrogen-bond acceptors (Lipinski definition) is 5. The Kier molecular flexibility index (Phi) is 6.02. The van der Waals surface area contributed by atoms with Crippen LogP contribution in [0.2, 0.25) is 0 Å². The van der Waals surface area contributed by atoms with Crippen LogP contribution in [0.3, 0.4) is 0 Å². The molecule has 36 heavy (non-hydrogen) atoms. The predicted molar refractivity (Wildman–Crippen MR) is 136 cm³/mol. The van der Waals surface area contributed by atoms with E-state index in [0.29, 0.717) is 29.8 Å². The van der Waals surface area contributed by atoms with Gasteiger partial charge >= 0.3 is 5.97 Å². The molecule has 7 nitrogen and oxygen atoms in total. The zero-order valence-corrected chi connectivity index (χ0v) is 21.0. The molecule has 0 bridgehead atoms. The normalized spacial score (nSPS) is 23.7. The van der Waals surface area contributed by atoms with E-state index in [1.165, 1.54) is 4.90 Å². The van der Waals surface area contributed by atoms with Crippen LogP contribution in [-0.4, -0.2) is 30.2 Å². The fourth-order valence-corrected chi connectivity index (χ4v) is 5.73. The Morgan fingerprint density at radius 1 is 0.889 bits per heavy atom. The molecule has 2 aliphatic heterocycles. The van der Waals surface area contributed by atoms with Crippen molar-refractivity contribution in [2.75, 3.05) is 16.3 Å². The number of allylic oxidation sites excluding steroid dienone is 2. The van der Waals surface area contributed by atoms with Gasteiger partial charge in [-0.3, -0.25) is 19.2 Å². The van der Waals surface area contributed by atoms with Crippen molar-refractivity contribution >= 4 is 35.1 Å². The summed E-state index contributed by atoms with van der Waals surface area (Å²) >= 11 is 0. The first-order valence-corrected chi connectivity index (χ1v) is 12.4. The maximum absolute atomic E-state index is 13.1. The molecular formula is C29H30N2O5. The van der Waals surface area contributed by atoms with Gasteiger partial charge in [0.05, 0.1) is 23.4 Å². The molecule has 2 aromatic rings. The second-order valence-electron chi connectivity index (χ2n) is 10.2. The third-order valence-corrected chi connectivity index (χ3v) is 7.62. The summed E-state index contributed by atoms with van der Waals surface area (Å²) in [5.41, 5.74) is 5.16. The standard InChI is InChI=1S/C29H30N2O5/c1-16-8-10-22-23(12-16)28(34)31(27(22)33)24-11-9-21(13-19(24)4)36-29(35)20-14-25(32)30(15-20)26-17(2)6-5-7-18(26)3/h5-9,11,13,20,22-23H,10,12,14-15H2,1-4H3/t20-,22-,23+/m0/s1. The molecule has 3 aliphatic rings. The molecule has 0 unspecified atom stereocenters. The van der Waals surface area contributed by atoms with Crippen LogP contribution < -0.4 is 14.5 Å². The van der Waals surface area contributed by atoms with E-state index in [9.17, 15) is 19.2 Å². The number of fused-ring (bicyclic) bond motifs is 1. The predicted octanol–water partition coefficient (Wildman–Crippen LogP) is 4.42. The number of esters is 1. The number of rotatable bonds is 4. The van der Waals surface area contributed by atoms with Crippen molar-refractivity contribution in [1.82, 2.24) is 0 Å². The van der Waals surface area contributed by atoms with Crippen LogP contribution in [0.25, 0.3) is 0 Å².